The molecular weight excluding hydrogens is 482 g/mol. The molecule has 1 aliphatic heterocycles. The molecule has 0 unspecified atom stereocenters. The van der Waals surface area contributed by atoms with Crippen molar-refractivity contribution in [2.75, 3.05) is 13.7 Å². The van der Waals surface area contributed by atoms with Gasteiger partial charge in [-0.3, -0.25) is 24.0 Å². The number of hydrogen-bond acceptors (Lipinski definition) is 12. The summed E-state index contributed by atoms with van der Waals surface area (Å²) in [5.41, 5.74) is 0. The number of hydrogen-bond donors (Lipinski definition) is 1. The number of carbonyl (C=O) groups is 6. The lowest BCUT2D eigenvalue weighted by Gasteiger charge is -2.46. The van der Waals surface area contributed by atoms with E-state index < -0.39 is 84.3 Å². The lowest BCUT2D eigenvalue weighted by atomic mass is 9.89. The Hall–Kier alpha value is -2.93. The quantitative estimate of drug-likeness (QED) is 0.246. The minimum absolute atomic E-state index is 0.447. The van der Waals surface area contributed by atoms with Crippen molar-refractivity contribution in [3.05, 3.63) is 0 Å². The van der Waals surface area contributed by atoms with Gasteiger partial charge in [0.1, 0.15) is 18.8 Å². The predicted molar refractivity (Wildman–Crippen MR) is 111 cm³/mol. The monoisotopic (exact) mass is 509 g/mol. The van der Waals surface area contributed by atoms with Gasteiger partial charge in [-0.25, -0.2) is 4.79 Å². The maximum Gasteiger partial charge on any atom is 0.354 e. The molecule has 0 aromatic rings. The predicted octanol–water partition coefficient (Wildman–Crippen LogP) is -0.254. The van der Waals surface area contributed by atoms with Crippen LogP contribution in [0.1, 0.15) is 41.0 Å². The van der Waals surface area contributed by atoms with Crippen LogP contribution < -0.4 is 5.32 Å². The molecule has 14 heteroatoms. The first kappa shape index (κ1) is 29.1. The second kappa shape index (κ2) is 12.5. The third kappa shape index (κ3) is 8.45. The lowest BCUT2D eigenvalue weighted by molar-refractivity contribution is -0.225. The van der Waals surface area contributed by atoms with Gasteiger partial charge in [-0.1, -0.05) is 11.6 Å². The molecule has 1 amide bonds. The van der Waals surface area contributed by atoms with Crippen LogP contribution in [0, 0.1) is 0 Å². The highest BCUT2D eigenvalue weighted by Gasteiger charge is 2.57. The van der Waals surface area contributed by atoms with Crippen LogP contribution in [0.25, 0.3) is 0 Å². The van der Waals surface area contributed by atoms with E-state index in [9.17, 15) is 28.8 Å². The molecule has 34 heavy (non-hydrogen) atoms. The molecule has 6 atom stereocenters. The highest BCUT2D eigenvalue weighted by Crippen LogP contribution is 2.38. The third-order valence-corrected chi connectivity index (χ3v) is 4.88. The molecule has 1 N–H and O–H groups in total. The first-order valence-corrected chi connectivity index (χ1v) is 10.4. The summed E-state index contributed by atoms with van der Waals surface area (Å²) in [5.74, 6) is -4.87. The van der Waals surface area contributed by atoms with E-state index in [2.05, 4.69) is 10.1 Å². The van der Waals surface area contributed by atoms with Crippen LogP contribution in [-0.4, -0.2) is 85.0 Å². The zero-order valence-corrected chi connectivity index (χ0v) is 20.3. The number of methoxy groups -OCH3 is 1. The lowest BCUT2D eigenvalue weighted by Crippen LogP contribution is -2.67. The number of esters is 5. The summed E-state index contributed by atoms with van der Waals surface area (Å²) in [6.07, 6.45) is -6.29. The fourth-order valence-corrected chi connectivity index (χ4v) is 3.71. The average molecular weight is 510 g/mol. The van der Waals surface area contributed by atoms with Gasteiger partial charge in [0.2, 0.25) is 11.0 Å². The molecule has 13 nitrogen and oxygen atoms in total. The SMILES string of the molecule is COC(=O)[C@]1(Cl)C[C@H](OC(C)=O)[C@@H](NC(C)=O)[C@H]([C@@H](OC(C)=O)[C@@H](COC(C)=O)OC(C)=O)O1. The van der Waals surface area contributed by atoms with Gasteiger partial charge in [0.25, 0.3) is 0 Å². The Morgan fingerprint density at radius 3 is 2.00 bits per heavy atom. The summed E-state index contributed by atoms with van der Waals surface area (Å²) in [4.78, 5) is 71.2. The van der Waals surface area contributed by atoms with Crippen molar-refractivity contribution < 1.29 is 57.2 Å². The third-order valence-electron chi connectivity index (χ3n) is 4.48. The molecule has 1 saturated heterocycles. The van der Waals surface area contributed by atoms with Gasteiger partial charge in [0, 0.05) is 41.0 Å². The van der Waals surface area contributed by atoms with Gasteiger partial charge in [0.05, 0.1) is 13.2 Å². The molecule has 0 aliphatic carbocycles. The summed E-state index contributed by atoms with van der Waals surface area (Å²) in [6.45, 7) is 4.87. The smallest absolute Gasteiger partial charge is 0.354 e. The second-order valence-corrected chi connectivity index (χ2v) is 8.02. The number of nitrogens with one attached hydrogen (secondary N) is 1. The molecule has 0 saturated carbocycles. The maximum atomic E-state index is 12.4. The number of alkyl halides is 1. The van der Waals surface area contributed by atoms with Crippen molar-refractivity contribution in [1.29, 1.82) is 0 Å². The minimum Gasteiger partial charge on any atom is -0.466 e. The Bertz CT molecular complexity index is 817. The summed E-state index contributed by atoms with van der Waals surface area (Å²) in [6, 6.07) is -1.24. The minimum atomic E-state index is -2.24. The van der Waals surface area contributed by atoms with E-state index in [1.54, 1.807) is 0 Å². The van der Waals surface area contributed by atoms with Crippen LogP contribution in [0.3, 0.4) is 0 Å². The van der Waals surface area contributed by atoms with E-state index in [-0.39, 0.29) is 0 Å². The van der Waals surface area contributed by atoms with Gasteiger partial charge in [0.15, 0.2) is 12.2 Å². The van der Waals surface area contributed by atoms with Crippen molar-refractivity contribution in [1.82, 2.24) is 5.32 Å². The summed E-state index contributed by atoms with van der Waals surface area (Å²) >= 11 is 6.38. The Labute approximate surface area is 200 Å². The maximum absolute atomic E-state index is 12.4. The van der Waals surface area contributed by atoms with Crippen molar-refractivity contribution >= 4 is 47.4 Å². The fourth-order valence-electron chi connectivity index (χ4n) is 3.38. The van der Waals surface area contributed by atoms with Crippen molar-refractivity contribution in [3.63, 3.8) is 0 Å². The molecule has 1 heterocycles. The van der Waals surface area contributed by atoms with Crippen molar-refractivity contribution in [2.24, 2.45) is 0 Å². The molecule has 1 rings (SSSR count). The van der Waals surface area contributed by atoms with Crippen molar-refractivity contribution in [3.8, 4) is 0 Å². The number of rotatable bonds is 9. The number of amides is 1. The van der Waals surface area contributed by atoms with E-state index in [0.717, 1.165) is 41.7 Å². The van der Waals surface area contributed by atoms with Crippen LogP contribution >= 0.6 is 11.6 Å². The highest BCUT2D eigenvalue weighted by atomic mass is 35.5. The molecule has 192 valence electrons. The van der Waals surface area contributed by atoms with Crippen LogP contribution in [0.4, 0.5) is 0 Å². The van der Waals surface area contributed by atoms with E-state index in [1.165, 1.54) is 0 Å². The van der Waals surface area contributed by atoms with Crippen LogP contribution in [0.15, 0.2) is 0 Å². The number of carbonyl (C=O) groups excluding carboxylic acids is 6. The molecule has 0 aromatic carbocycles. The zero-order valence-electron chi connectivity index (χ0n) is 19.6. The van der Waals surface area contributed by atoms with Crippen LogP contribution in [0.5, 0.6) is 0 Å². The first-order chi connectivity index (χ1) is 15.7. The number of ether oxygens (including phenoxy) is 6. The highest BCUT2D eigenvalue weighted by molar-refractivity contribution is 6.32. The van der Waals surface area contributed by atoms with E-state index in [4.69, 9.17) is 35.3 Å². The molecule has 0 bridgehead atoms. The standard InChI is InChI=1S/C20H28ClNO12/c1-9(23)22-16-14(31-11(3)25)7-20(21,19(28)29-6)34-18(16)17(33-13(5)27)15(32-12(4)26)8-30-10(2)24/h14-18H,7-8H2,1-6H3,(H,22,23)/t14-,15+,16+,17-,18+,20-/m0/s1. The molecule has 0 spiro atoms. The van der Waals surface area contributed by atoms with Gasteiger partial charge in [-0.15, -0.1) is 0 Å². The summed E-state index contributed by atoms with van der Waals surface area (Å²) < 4.78 is 31.2. The van der Waals surface area contributed by atoms with Crippen LogP contribution in [0.2, 0.25) is 0 Å². The Kier molecular flexibility index (Phi) is 10.7. The second-order valence-electron chi connectivity index (χ2n) is 7.41. The van der Waals surface area contributed by atoms with Gasteiger partial charge in [-0.2, -0.15) is 0 Å². The van der Waals surface area contributed by atoms with E-state index >= 15 is 0 Å². The summed E-state index contributed by atoms with van der Waals surface area (Å²) in [5, 5.41) is 0.276. The molecule has 0 radical (unpaired) electrons. The van der Waals surface area contributed by atoms with Gasteiger partial charge >= 0.3 is 29.8 Å². The summed E-state index contributed by atoms with van der Waals surface area (Å²) in [7, 11) is 1.04. The van der Waals surface area contributed by atoms with Crippen LogP contribution in [-0.2, 0) is 57.2 Å². The topological polar surface area (TPSA) is 170 Å². The zero-order chi connectivity index (χ0) is 26.2. The molecular formula is C20H28ClNO12. The van der Waals surface area contributed by atoms with Crippen molar-refractivity contribution in [2.45, 2.75) is 76.6 Å². The Morgan fingerprint density at radius 2 is 1.56 bits per heavy atom. The fraction of sp³-hybridized carbons (Fsp3) is 0.700. The van der Waals surface area contributed by atoms with E-state index in [0.29, 0.717) is 0 Å². The van der Waals surface area contributed by atoms with Gasteiger partial charge in [-0.05, 0) is 0 Å². The Balaban J connectivity index is 3.64. The Morgan fingerprint density at radius 1 is 0.971 bits per heavy atom. The normalized spacial score (nSPS) is 25.7. The first-order valence-electron chi connectivity index (χ1n) is 10.1. The van der Waals surface area contributed by atoms with E-state index in [1.807, 2.05) is 0 Å². The molecule has 1 aliphatic rings. The largest absolute Gasteiger partial charge is 0.466 e. The average Bonchev–Trinajstić information content (AvgIpc) is 2.69. The number of halogens is 1. The van der Waals surface area contributed by atoms with Gasteiger partial charge < -0.3 is 33.7 Å². The molecule has 1 fully saturated rings. The molecule has 0 aromatic heterocycles.